The molecule has 8 nitrogen and oxygen atoms in total. The maximum absolute atomic E-state index is 12.9. The van der Waals surface area contributed by atoms with Gasteiger partial charge in [-0.15, -0.1) is 0 Å². The van der Waals surface area contributed by atoms with E-state index in [4.69, 9.17) is 9.47 Å². The fraction of sp³-hybridized carbons (Fsp3) is 0.370. The molecule has 9 heteroatoms. The molecule has 1 unspecified atom stereocenters. The maximum atomic E-state index is 12.9. The van der Waals surface area contributed by atoms with E-state index in [1.165, 1.54) is 4.31 Å². The number of hydrogen-bond donors (Lipinski definition) is 1. The first-order chi connectivity index (χ1) is 17.1. The second kappa shape index (κ2) is 13.7. The normalized spacial score (nSPS) is 15.4. The SMILES string of the molecule is CCN(C)C.CCOC(=O)C1=C(C)N(S)C(C)=C([N+](=O)[O-])C1c1ccccc1OCc1ccccc1. The second-order valence-corrected chi connectivity index (χ2v) is 8.80. The van der Waals surface area contributed by atoms with E-state index in [0.717, 1.165) is 12.1 Å². The van der Waals surface area contributed by atoms with Gasteiger partial charge in [0.15, 0.2) is 0 Å². The minimum atomic E-state index is -0.954. The summed E-state index contributed by atoms with van der Waals surface area (Å²) in [7, 11) is 4.11. The number of nitro groups is 1. The Labute approximate surface area is 218 Å². The van der Waals surface area contributed by atoms with Crippen LogP contribution in [0.4, 0.5) is 0 Å². The molecule has 1 atom stereocenters. The van der Waals surface area contributed by atoms with Crippen LogP contribution in [-0.2, 0) is 16.1 Å². The molecule has 1 aliphatic heterocycles. The summed E-state index contributed by atoms with van der Waals surface area (Å²) in [6.07, 6.45) is 0. The average molecular weight is 514 g/mol. The van der Waals surface area contributed by atoms with Crippen molar-refractivity contribution in [2.45, 2.75) is 40.2 Å². The van der Waals surface area contributed by atoms with Gasteiger partial charge in [0.25, 0.3) is 5.70 Å². The van der Waals surface area contributed by atoms with Gasteiger partial charge in [-0.2, -0.15) is 0 Å². The predicted molar refractivity (Wildman–Crippen MR) is 144 cm³/mol. The number of carbonyl (C=O) groups is 1. The monoisotopic (exact) mass is 513 g/mol. The number of benzene rings is 2. The number of hydrogen-bond acceptors (Lipinski definition) is 8. The zero-order valence-electron chi connectivity index (χ0n) is 21.7. The van der Waals surface area contributed by atoms with E-state index >= 15 is 0 Å². The molecule has 3 rings (SSSR count). The Hall–Kier alpha value is -3.30. The van der Waals surface area contributed by atoms with Gasteiger partial charge in [0.2, 0.25) is 0 Å². The summed E-state index contributed by atoms with van der Waals surface area (Å²) in [6.45, 7) is 8.70. The van der Waals surface area contributed by atoms with E-state index in [1.807, 2.05) is 30.3 Å². The summed E-state index contributed by atoms with van der Waals surface area (Å²) < 4.78 is 12.6. The van der Waals surface area contributed by atoms with E-state index in [9.17, 15) is 14.9 Å². The van der Waals surface area contributed by atoms with Gasteiger partial charge < -0.3 is 14.4 Å². The molecule has 0 N–H and O–H groups in total. The maximum Gasteiger partial charge on any atom is 0.337 e. The number of para-hydroxylation sites is 1. The van der Waals surface area contributed by atoms with Gasteiger partial charge in [-0.25, -0.2) is 4.79 Å². The molecule has 0 saturated carbocycles. The minimum Gasteiger partial charge on any atom is -0.489 e. The fourth-order valence-electron chi connectivity index (χ4n) is 3.63. The summed E-state index contributed by atoms with van der Waals surface area (Å²) >= 11 is 4.37. The van der Waals surface area contributed by atoms with Gasteiger partial charge in [0.05, 0.1) is 17.1 Å². The predicted octanol–water partition coefficient (Wildman–Crippen LogP) is 5.42. The molecule has 1 aliphatic rings. The smallest absolute Gasteiger partial charge is 0.337 e. The first-order valence-electron chi connectivity index (χ1n) is 11.8. The van der Waals surface area contributed by atoms with Crippen molar-refractivity contribution in [1.82, 2.24) is 9.21 Å². The molecule has 0 spiro atoms. The van der Waals surface area contributed by atoms with Crippen LogP contribution in [0.25, 0.3) is 0 Å². The van der Waals surface area contributed by atoms with Gasteiger partial charge in [-0.05, 0) is 53.0 Å². The van der Waals surface area contributed by atoms with Gasteiger partial charge in [-0.1, -0.05) is 68.3 Å². The summed E-state index contributed by atoms with van der Waals surface area (Å²) in [5, 5.41) is 12.1. The Morgan fingerprint density at radius 2 is 1.64 bits per heavy atom. The molecule has 36 heavy (non-hydrogen) atoms. The summed E-state index contributed by atoms with van der Waals surface area (Å²) in [4.78, 5) is 26.6. The number of esters is 1. The van der Waals surface area contributed by atoms with Crippen LogP contribution < -0.4 is 4.74 Å². The van der Waals surface area contributed by atoms with Crippen LogP contribution >= 0.6 is 12.8 Å². The first-order valence-corrected chi connectivity index (χ1v) is 12.2. The lowest BCUT2D eigenvalue weighted by molar-refractivity contribution is -0.431. The van der Waals surface area contributed by atoms with E-state index in [-0.39, 0.29) is 24.5 Å². The Balaban J connectivity index is 0.000000830. The van der Waals surface area contributed by atoms with Crippen LogP contribution in [0.2, 0.25) is 0 Å². The third-order valence-electron chi connectivity index (χ3n) is 5.75. The van der Waals surface area contributed by atoms with Gasteiger partial charge >= 0.3 is 5.97 Å². The number of nitrogens with zero attached hydrogens (tertiary/aromatic N) is 3. The van der Waals surface area contributed by atoms with E-state index < -0.39 is 16.8 Å². The molecule has 0 aliphatic carbocycles. The lowest BCUT2D eigenvalue weighted by atomic mass is 9.83. The van der Waals surface area contributed by atoms with Crippen molar-refractivity contribution in [3.8, 4) is 5.75 Å². The Kier molecular flexibility index (Phi) is 11.0. The largest absolute Gasteiger partial charge is 0.489 e. The molecule has 0 amide bonds. The Morgan fingerprint density at radius 3 is 2.19 bits per heavy atom. The van der Waals surface area contributed by atoms with Crippen molar-refractivity contribution in [3.63, 3.8) is 0 Å². The molecule has 2 aromatic carbocycles. The summed E-state index contributed by atoms with van der Waals surface area (Å²) in [5.74, 6) is -1.11. The molecular weight excluding hydrogens is 478 g/mol. The Bertz CT molecular complexity index is 1120. The van der Waals surface area contributed by atoms with Gasteiger partial charge in [0, 0.05) is 11.3 Å². The molecule has 0 fully saturated rings. The minimum absolute atomic E-state index is 0.139. The number of thiol groups is 1. The third-order valence-corrected chi connectivity index (χ3v) is 6.35. The highest BCUT2D eigenvalue weighted by Gasteiger charge is 2.44. The zero-order valence-corrected chi connectivity index (χ0v) is 22.6. The van der Waals surface area contributed by atoms with Crippen molar-refractivity contribution in [2.75, 3.05) is 27.2 Å². The number of carbonyl (C=O) groups excluding carboxylic acids is 1. The van der Waals surface area contributed by atoms with Crippen LogP contribution in [0.5, 0.6) is 5.75 Å². The van der Waals surface area contributed by atoms with Crippen LogP contribution in [0.15, 0.2) is 77.3 Å². The zero-order chi connectivity index (χ0) is 26.8. The lowest BCUT2D eigenvalue weighted by Crippen LogP contribution is -2.31. The van der Waals surface area contributed by atoms with Crippen LogP contribution in [-0.4, -0.2) is 47.3 Å². The van der Waals surface area contributed by atoms with Crippen molar-refractivity contribution in [2.24, 2.45) is 0 Å². The molecule has 0 bridgehead atoms. The van der Waals surface area contributed by atoms with Crippen molar-refractivity contribution < 1.29 is 19.2 Å². The highest BCUT2D eigenvalue weighted by Crippen LogP contribution is 2.45. The van der Waals surface area contributed by atoms with Crippen LogP contribution in [0.3, 0.4) is 0 Å². The van der Waals surface area contributed by atoms with E-state index in [0.29, 0.717) is 22.7 Å². The van der Waals surface area contributed by atoms with Gasteiger partial charge in [-0.3, -0.25) is 14.4 Å². The van der Waals surface area contributed by atoms with E-state index in [1.54, 1.807) is 45.0 Å². The summed E-state index contributed by atoms with van der Waals surface area (Å²) in [5.41, 5.74) is 2.33. The van der Waals surface area contributed by atoms with Crippen molar-refractivity contribution >= 4 is 18.8 Å². The van der Waals surface area contributed by atoms with E-state index in [2.05, 4.69) is 38.7 Å². The first kappa shape index (κ1) is 28.9. The fourth-order valence-corrected chi connectivity index (χ4v) is 3.84. The molecule has 2 aromatic rings. The third kappa shape index (κ3) is 7.11. The average Bonchev–Trinajstić information content (AvgIpc) is 2.86. The second-order valence-electron chi connectivity index (χ2n) is 8.40. The van der Waals surface area contributed by atoms with Crippen molar-refractivity contribution in [1.29, 1.82) is 0 Å². The van der Waals surface area contributed by atoms with Crippen molar-refractivity contribution in [3.05, 3.63) is 98.5 Å². The molecule has 0 aromatic heterocycles. The van der Waals surface area contributed by atoms with Crippen LogP contribution in [0, 0.1) is 10.1 Å². The molecular formula is C27H35N3O5S. The van der Waals surface area contributed by atoms with Crippen LogP contribution in [0.1, 0.15) is 44.7 Å². The number of rotatable bonds is 8. The molecule has 1 heterocycles. The summed E-state index contributed by atoms with van der Waals surface area (Å²) in [6, 6.07) is 16.6. The molecule has 0 saturated heterocycles. The molecule has 194 valence electrons. The Morgan fingerprint density at radius 1 is 1.06 bits per heavy atom. The number of allylic oxidation sites excluding steroid dienone is 3. The quantitative estimate of drug-likeness (QED) is 0.218. The standard InChI is InChI=1S/C23H24N2O5S.C4H11N/c1-4-29-23(26)20-15(2)24(31)16(3)22(25(27)28)21(20)18-12-8-9-13-19(18)30-14-17-10-6-5-7-11-17;1-4-5(2)3/h5-13,21,31H,4,14H2,1-3H3;4H2,1-3H3. The number of ether oxygens (including phenoxy) is 2. The van der Waals surface area contributed by atoms with Gasteiger partial charge in [0.1, 0.15) is 24.0 Å². The highest BCUT2D eigenvalue weighted by molar-refractivity contribution is 7.78. The highest BCUT2D eigenvalue weighted by atomic mass is 32.1. The topological polar surface area (TPSA) is 85.2 Å². The lowest BCUT2D eigenvalue weighted by Gasteiger charge is -2.31. The molecule has 0 radical (unpaired) electrons.